The molecule has 0 saturated heterocycles. The summed E-state index contributed by atoms with van der Waals surface area (Å²) < 4.78 is 6.17. The SMILES string of the molecule is CC(C)C[Si](CC(C)C)(CC(C)C)OC(=O)CCCCCl. The predicted octanol–water partition coefficient (Wildman–Crippen LogP) is 5.85. The van der Waals surface area contributed by atoms with Crippen LogP contribution in [0.4, 0.5) is 0 Å². The van der Waals surface area contributed by atoms with Gasteiger partial charge in [0.25, 0.3) is 14.3 Å². The first-order valence-electron chi connectivity index (χ1n) is 8.48. The Labute approximate surface area is 138 Å². The average Bonchev–Trinajstić information content (AvgIpc) is 2.25. The molecule has 0 bridgehead atoms. The van der Waals surface area contributed by atoms with Gasteiger partial charge in [-0.1, -0.05) is 41.5 Å². The summed E-state index contributed by atoms with van der Waals surface area (Å²) in [7, 11) is -1.99. The summed E-state index contributed by atoms with van der Waals surface area (Å²) in [6.45, 7) is 13.4. The first-order valence-corrected chi connectivity index (χ1v) is 11.5. The van der Waals surface area contributed by atoms with Crippen molar-refractivity contribution in [3.8, 4) is 0 Å². The minimum absolute atomic E-state index is 0.00809. The van der Waals surface area contributed by atoms with Gasteiger partial charge in [-0.3, -0.25) is 4.79 Å². The molecule has 2 nitrogen and oxygen atoms in total. The highest BCUT2D eigenvalue weighted by Gasteiger charge is 2.40. The number of alkyl halides is 1. The van der Waals surface area contributed by atoms with Gasteiger partial charge in [-0.2, -0.15) is 0 Å². The molecule has 0 atom stereocenters. The number of carbonyl (C=O) groups is 1. The van der Waals surface area contributed by atoms with Gasteiger partial charge in [0.15, 0.2) is 0 Å². The van der Waals surface area contributed by atoms with Gasteiger partial charge in [0.2, 0.25) is 0 Å². The summed E-state index contributed by atoms with van der Waals surface area (Å²) in [4.78, 5) is 12.2. The first kappa shape index (κ1) is 21.0. The molecule has 0 radical (unpaired) electrons. The second-order valence-corrected chi connectivity index (χ2v) is 11.8. The molecule has 0 aromatic heterocycles. The van der Waals surface area contributed by atoms with E-state index in [4.69, 9.17) is 16.0 Å². The van der Waals surface area contributed by atoms with Crippen LogP contribution in [0.3, 0.4) is 0 Å². The normalized spacial score (nSPS) is 12.5. The molecule has 0 aromatic rings. The van der Waals surface area contributed by atoms with E-state index >= 15 is 0 Å². The fourth-order valence-corrected chi connectivity index (χ4v) is 9.25. The van der Waals surface area contributed by atoms with Crippen molar-refractivity contribution in [2.75, 3.05) is 5.88 Å². The van der Waals surface area contributed by atoms with Gasteiger partial charge in [-0.05, 0) is 48.7 Å². The largest absolute Gasteiger partial charge is 0.519 e. The van der Waals surface area contributed by atoms with E-state index in [9.17, 15) is 4.79 Å². The monoisotopic (exact) mass is 334 g/mol. The third-order valence-electron chi connectivity index (χ3n) is 3.44. The molecule has 0 spiro atoms. The Morgan fingerprint density at radius 1 is 0.905 bits per heavy atom. The number of hydrogen-bond donors (Lipinski definition) is 0. The molecule has 0 unspecified atom stereocenters. The van der Waals surface area contributed by atoms with Crippen LogP contribution in [0, 0.1) is 17.8 Å². The molecule has 0 aromatic carbocycles. The lowest BCUT2D eigenvalue weighted by Crippen LogP contribution is -2.44. The van der Waals surface area contributed by atoms with E-state index in [2.05, 4.69) is 41.5 Å². The molecule has 0 saturated carbocycles. The summed E-state index contributed by atoms with van der Waals surface area (Å²) in [6.07, 6.45) is 2.26. The molecule has 0 amide bonds. The van der Waals surface area contributed by atoms with Crippen molar-refractivity contribution < 1.29 is 9.22 Å². The highest BCUT2D eigenvalue weighted by Crippen LogP contribution is 2.33. The zero-order valence-corrected chi connectivity index (χ0v) is 16.6. The molecule has 126 valence electrons. The Balaban J connectivity index is 4.91. The van der Waals surface area contributed by atoms with Gasteiger partial charge < -0.3 is 4.43 Å². The number of hydrogen-bond acceptors (Lipinski definition) is 2. The number of rotatable bonds is 11. The molecule has 0 rings (SSSR count). The minimum Gasteiger partial charge on any atom is -0.519 e. The molecule has 21 heavy (non-hydrogen) atoms. The maximum absolute atomic E-state index is 12.2. The lowest BCUT2D eigenvalue weighted by molar-refractivity contribution is -0.135. The number of unbranched alkanes of at least 4 members (excludes halogenated alkanes) is 1. The maximum Gasteiger partial charge on any atom is 0.292 e. The van der Waals surface area contributed by atoms with Crippen molar-refractivity contribution >= 4 is 25.9 Å². The van der Waals surface area contributed by atoms with Crippen LogP contribution in [0.25, 0.3) is 0 Å². The summed E-state index contributed by atoms with van der Waals surface area (Å²) in [5.74, 6) is 2.40. The highest BCUT2D eigenvalue weighted by molar-refractivity contribution is 6.75. The topological polar surface area (TPSA) is 26.3 Å². The van der Waals surface area contributed by atoms with Crippen LogP contribution < -0.4 is 0 Å². The van der Waals surface area contributed by atoms with Crippen molar-refractivity contribution in [3.63, 3.8) is 0 Å². The van der Waals surface area contributed by atoms with E-state index in [1.165, 1.54) is 0 Å². The van der Waals surface area contributed by atoms with Crippen LogP contribution in [0.1, 0.15) is 60.8 Å². The third kappa shape index (κ3) is 10.3. The lowest BCUT2D eigenvalue weighted by Gasteiger charge is -2.35. The van der Waals surface area contributed by atoms with E-state index < -0.39 is 8.32 Å². The summed E-state index contributed by atoms with van der Waals surface area (Å²) in [6, 6.07) is 3.26. The van der Waals surface area contributed by atoms with E-state index in [1.54, 1.807) is 0 Å². The molecule has 4 heteroatoms. The van der Waals surface area contributed by atoms with Crippen molar-refractivity contribution in [1.82, 2.24) is 0 Å². The van der Waals surface area contributed by atoms with Crippen molar-refractivity contribution in [1.29, 1.82) is 0 Å². The lowest BCUT2D eigenvalue weighted by atomic mass is 10.2. The van der Waals surface area contributed by atoms with Crippen LogP contribution in [-0.4, -0.2) is 20.2 Å². The van der Waals surface area contributed by atoms with Crippen molar-refractivity contribution in [3.05, 3.63) is 0 Å². The summed E-state index contributed by atoms with van der Waals surface area (Å²) in [5.41, 5.74) is 0. The Hall–Kier alpha value is -0.0231. The van der Waals surface area contributed by atoms with Crippen LogP contribution in [0.2, 0.25) is 18.1 Å². The van der Waals surface area contributed by atoms with Crippen LogP contribution in [-0.2, 0) is 9.22 Å². The van der Waals surface area contributed by atoms with Gasteiger partial charge in [0.1, 0.15) is 0 Å². The van der Waals surface area contributed by atoms with Gasteiger partial charge in [0, 0.05) is 12.3 Å². The van der Waals surface area contributed by atoms with Gasteiger partial charge in [-0.25, -0.2) is 0 Å². The second-order valence-electron chi connectivity index (χ2n) is 7.60. The third-order valence-corrected chi connectivity index (χ3v) is 9.05. The Morgan fingerprint density at radius 3 is 1.67 bits per heavy atom. The van der Waals surface area contributed by atoms with E-state index in [1.807, 2.05) is 0 Å². The van der Waals surface area contributed by atoms with E-state index in [0.717, 1.165) is 31.0 Å². The molecule has 0 aliphatic heterocycles. The molecule has 0 aliphatic carbocycles. The van der Waals surface area contributed by atoms with Crippen LogP contribution in [0.15, 0.2) is 0 Å². The highest BCUT2D eigenvalue weighted by atomic mass is 35.5. The van der Waals surface area contributed by atoms with Gasteiger partial charge >= 0.3 is 0 Å². The fourth-order valence-electron chi connectivity index (χ4n) is 3.26. The molecular weight excluding hydrogens is 300 g/mol. The molecule has 0 heterocycles. The Bertz CT molecular complexity index is 264. The standard InChI is InChI=1S/C17H35ClO2Si/c1-14(2)11-21(12-15(3)4,13-16(5)6)20-17(19)9-7-8-10-18/h14-16H,7-13H2,1-6H3. The van der Waals surface area contributed by atoms with E-state index in [0.29, 0.717) is 30.1 Å². The fraction of sp³-hybridized carbons (Fsp3) is 0.941. The zero-order chi connectivity index (χ0) is 16.5. The predicted molar refractivity (Wildman–Crippen MR) is 95.4 cm³/mol. The summed E-state index contributed by atoms with van der Waals surface area (Å²) in [5, 5.41) is 0. The summed E-state index contributed by atoms with van der Waals surface area (Å²) >= 11 is 5.68. The van der Waals surface area contributed by atoms with Gasteiger partial charge in [0.05, 0.1) is 0 Å². The molecule has 0 aliphatic rings. The van der Waals surface area contributed by atoms with Crippen molar-refractivity contribution in [2.24, 2.45) is 17.8 Å². The number of halogens is 1. The van der Waals surface area contributed by atoms with Crippen LogP contribution in [0.5, 0.6) is 0 Å². The Kier molecular flexibility index (Phi) is 10.6. The Morgan fingerprint density at radius 2 is 1.33 bits per heavy atom. The number of carbonyl (C=O) groups excluding carboxylic acids is 1. The second kappa shape index (κ2) is 10.7. The van der Waals surface area contributed by atoms with E-state index in [-0.39, 0.29) is 5.97 Å². The van der Waals surface area contributed by atoms with Crippen LogP contribution >= 0.6 is 11.6 Å². The van der Waals surface area contributed by atoms with Gasteiger partial charge in [-0.15, -0.1) is 11.6 Å². The minimum atomic E-state index is -1.99. The average molecular weight is 335 g/mol. The smallest absolute Gasteiger partial charge is 0.292 e. The van der Waals surface area contributed by atoms with Crippen molar-refractivity contribution in [2.45, 2.75) is 78.9 Å². The quantitative estimate of drug-likeness (QED) is 0.269. The maximum atomic E-state index is 12.2. The molecule has 0 fully saturated rings. The molecular formula is C17H35ClO2Si. The first-order chi connectivity index (χ1) is 9.70. The molecule has 0 N–H and O–H groups in total. The zero-order valence-electron chi connectivity index (χ0n) is 14.9.